The van der Waals surface area contributed by atoms with Crippen LogP contribution in [0.25, 0.3) is 0 Å². The average Bonchev–Trinajstić information content (AvgIpc) is 3.55. The molecule has 35 heavy (non-hydrogen) atoms. The molecule has 3 heterocycles. The number of aromatic nitrogens is 4. The number of amides is 3. The highest BCUT2D eigenvalue weighted by Crippen LogP contribution is 2.41. The molecule has 1 aliphatic carbocycles. The van der Waals surface area contributed by atoms with Crippen molar-refractivity contribution in [3.63, 3.8) is 0 Å². The van der Waals surface area contributed by atoms with Gasteiger partial charge in [-0.05, 0) is 60.1 Å². The van der Waals surface area contributed by atoms with Crippen LogP contribution in [0.5, 0.6) is 0 Å². The Morgan fingerprint density at radius 3 is 2.40 bits per heavy atom. The van der Waals surface area contributed by atoms with E-state index in [0.29, 0.717) is 18.7 Å². The maximum absolute atomic E-state index is 13.6. The Bertz CT molecular complexity index is 1030. The predicted octanol–water partition coefficient (Wildman–Crippen LogP) is 1.50. The van der Waals surface area contributed by atoms with Gasteiger partial charge in [0.2, 0.25) is 11.8 Å². The van der Waals surface area contributed by atoms with Crippen LogP contribution in [0.15, 0.2) is 36.7 Å². The SMILES string of the molecule is O=C(N[C@@H]1CCCC[C@@H]1C(=O)N1CCC2(CCN(C(=O)Cn3cnnn3)CC2)C1)c1ccccc1. The second kappa shape index (κ2) is 10.1. The number of nitrogens with one attached hydrogen (secondary N) is 1. The fourth-order valence-electron chi connectivity index (χ4n) is 5.93. The minimum atomic E-state index is -0.162. The Balaban J connectivity index is 1.16. The van der Waals surface area contributed by atoms with Gasteiger partial charge in [0.1, 0.15) is 12.9 Å². The molecule has 186 valence electrons. The first-order valence-corrected chi connectivity index (χ1v) is 12.7. The number of benzene rings is 1. The largest absolute Gasteiger partial charge is 0.349 e. The molecule has 1 N–H and O–H groups in total. The summed E-state index contributed by atoms with van der Waals surface area (Å²) in [6.45, 7) is 3.05. The van der Waals surface area contributed by atoms with Crippen LogP contribution in [0.4, 0.5) is 0 Å². The van der Waals surface area contributed by atoms with Crippen molar-refractivity contribution in [2.45, 2.75) is 57.5 Å². The zero-order chi connectivity index (χ0) is 24.3. The van der Waals surface area contributed by atoms with Gasteiger partial charge in [0.25, 0.3) is 5.91 Å². The van der Waals surface area contributed by atoms with E-state index in [9.17, 15) is 14.4 Å². The van der Waals surface area contributed by atoms with E-state index in [1.807, 2.05) is 28.0 Å². The van der Waals surface area contributed by atoms with Crippen molar-refractivity contribution in [3.8, 4) is 0 Å². The van der Waals surface area contributed by atoms with Gasteiger partial charge in [-0.25, -0.2) is 4.68 Å². The Hall–Kier alpha value is -3.30. The van der Waals surface area contributed by atoms with Gasteiger partial charge in [-0.1, -0.05) is 31.0 Å². The molecule has 1 saturated carbocycles. The lowest BCUT2D eigenvalue weighted by molar-refractivity contribution is -0.138. The first-order chi connectivity index (χ1) is 17.0. The highest BCUT2D eigenvalue weighted by atomic mass is 16.2. The lowest BCUT2D eigenvalue weighted by Crippen LogP contribution is -2.50. The molecule has 10 nitrogen and oxygen atoms in total. The molecule has 2 aromatic rings. The number of nitrogens with zero attached hydrogens (tertiary/aromatic N) is 6. The summed E-state index contributed by atoms with van der Waals surface area (Å²) in [7, 11) is 0. The lowest BCUT2D eigenvalue weighted by atomic mass is 9.77. The third-order valence-corrected chi connectivity index (χ3v) is 8.05. The van der Waals surface area contributed by atoms with Crippen LogP contribution < -0.4 is 5.32 Å². The molecule has 0 radical (unpaired) electrons. The van der Waals surface area contributed by atoms with Gasteiger partial charge in [-0.15, -0.1) is 5.10 Å². The van der Waals surface area contributed by atoms with Crippen LogP contribution in [0.3, 0.4) is 0 Å². The van der Waals surface area contributed by atoms with Crippen molar-refractivity contribution in [1.82, 2.24) is 35.3 Å². The van der Waals surface area contributed by atoms with Gasteiger partial charge in [-0.3, -0.25) is 14.4 Å². The Morgan fingerprint density at radius 1 is 0.971 bits per heavy atom. The maximum atomic E-state index is 13.6. The minimum absolute atomic E-state index is 0.0253. The Morgan fingerprint density at radius 2 is 1.69 bits per heavy atom. The quantitative estimate of drug-likeness (QED) is 0.695. The van der Waals surface area contributed by atoms with Crippen molar-refractivity contribution in [3.05, 3.63) is 42.2 Å². The highest BCUT2D eigenvalue weighted by Gasteiger charge is 2.45. The fraction of sp³-hybridized carbons (Fsp3) is 0.600. The highest BCUT2D eigenvalue weighted by molar-refractivity contribution is 5.94. The number of rotatable bonds is 5. The molecule has 2 atom stereocenters. The van der Waals surface area contributed by atoms with Gasteiger partial charge in [0.15, 0.2) is 0 Å². The van der Waals surface area contributed by atoms with E-state index in [4.69, 9.17) is 0 Å². The molecule has 10 heteroatoms. The number of likely N-dealkylation sites (tertiary alicyclic amines) is 2. The number of tetrazole rings is 1. The van der Waals surface area contributed by atoms with Gasteiger partial charge in [0.05, 0.1) is 5.92 Å². The zero-order valence-corrected chi connectivity index (χ0v) is 20.0. The minimum Gasteiger partial charge on any atom is -0.349 e. The van der Waals surface area contributed by atoms with Crippen molar-refractivity contribution in [2.75, 3.05) is 26.2 Å². The molecule has 0 unspecified atom stereocenters. The van der Waals surface area contributed by atoms with Gasteiger partial charge in [-0.2, -0.15) is 0 Å². The molecule has 2 saturated heterocycles. The fourth-order valence-corrected chi connectivity index (χ4v) is 5.93. The molecule has 1 spiro atoms. The van der Waals surface area contributed by atoms with Crippen LogP contribution in [-0.2, 0) is 16.1 Å². The monoisotopic (exact) mass is 479 g/mol. The van der Waals surface area contributed by atoms with Crippen LogP contribution in [-0.4, -0.2) is 79.9 Å². The van der Waals surface area contributed by atoms with Crippen LogP contribution >= 0.6 is 0 Å². The smallest absolute Gasteiger partial charge is 0.251 e. The summed E-state index contributed by atoms with van der Waals surface area (Å²) in [5.41, 5.74) is 0.712. The molecular formula is C25H33N7O3. The van der Waals surface area contributed by atoms with E-state index in [-0.39, 0.29) is 41.6 Å². The molecule has 1 aromatic heterocycles. The summed E-state index contributed by atoms with van der Waals surface area (Å²) in [6.07, 6.45) is 7.93. The summed E-state index contributed by atoms with van der Waals surface area (Å²) in [6, 6.07) is 9.09. The van der Waals surface area contributed by atoms with Gasteiger partial charge in [0, 0.05) is 37.8 Å². The number of piperidine rings is 1. The summed E-state index contributed by atoms with van der Waals surface area (Å²) in [5.74, 6) is -0.0640. The first-order valence-electron chi connectivity index (χ1n) is 12.7. The summed E-state index contributed by atoms with van der Waals surface area (Å²) in [4.78, 5) is 42.8. The van der Waals surface area contributed by atoms with E-state index in [1.165, 1.54) is 11.0 Å². The predicted molar refractivity (Wildman–Crippen MR) is 127 cm³/mol. The standard InChI is InChI=1S/C25H33N7O3/c33-22(16-32-18-26-28-29-32)30-13-10-25(11-14-30)12-15-31(17-25)24(35)20-8-4-5-9-21(20)27-23(34)19-6-2-1-3-7-19/h1-3,6-7,18,20-21H,4-5,8-17H2,(H,27,34)/t20-,21+/m0/s1. The van der Waals surface area contributed by atoms with E-state index < -0.39 is 0 Å². The van der Waals surface area contributed by atoms with Gasteiger partial charge >= 0.3 is 0 Å². The molecule has 0 bridgehead atoms. The van der Waals surface area contributed by atoms with Crippen LogP contribution in [0.1, 0.15) is 55.3 Å². The topological polar surface area (TPSA) is 113 Å². The number of hydrogen-bond donors (Lipinski definition) is 1. The zero-order valence-electron chi connectivity index (χ0n) is 20.0. The molecule has 1 aromatic carbocycles. The van der Waals surface area contributed by atoms with Crippen LogP contribution in [0.2, 0.25) is 0 Å². The van der Waals surface area contributed by atoms with Crippen molar-refractivity contribution in [1.29, 1.82) is 0 Å². The van der Waals surface area contributed by atoms with Crippen LogP contribution in [0, 0.1) is 11.3 Å². The second-order valence-electron chi connectivity index (χ2n) is 10.2. The third kappa shape index (κ3) is 5.21. The second-order valence-corrected chi connectivity index (χ2v) is 10.2. The van der Waals surface area contributed by atoms with Crippen molar-refractivity contribution in [2.24, 2.45) is 11.3 Å². The normalized spacial score (nSPS) is 23.9. The summed E-state index contributed by atoms with van der Waals surface area (Å²) in [5, 5.41) is 14.1. The number of hydrogen-bond acceptors (Lipinski definition) is 6. The molecule has 3 amide bonds. The van der Waals surface area contributed by atoms with Crippen molar-refractivity contribution >= 4 is 17.7 Å². The van der Waals surface area contributed by atoms with E-state index >= 15 is 0 Å². The number of carbonyl (C=O) groups is 3. The first kappa shape index (κ1) is 23.4. The Labute approximate surface area is 205 Å². The number of carbonyl (C=O) groups excluding carboxylic acids is 3. The van der Waals surface area contributed by atoms with E-state index in [2.05, 4.69) is 20.8 Å². The van der Waals surface area contributed by atoms with Crippen molar-refractivity contribution < 1.29 is 14.4 Å². The molecule has 3 fully saturated rings. The molecule has 3 aliphatic rings. The average molecular weight is 480 g/mol. The molecule has 5 rings (SSSR count). The summed E-state index contributed by atoms with van der Waals surface area (Å²) >= 11 is 0. The third-order valence-electron chi connectivity index (χ3n) is 8.05. The Kier molecular flexibility index (Phi) is 6.79. The van der Waals surface area contributed by atoms with E-state index in [1.54, 1.807) is 12.1 Å². The lowest BCUT2D eigenvalue weighted by Gasteiger charge is -2.40. The maximum Gasteiger partial charge on any atom is 0.251 e. The van der Waals surface area contributed by atoms with E-state index in [0.717, 1.165) is 58.0 Å². The molecular weight excluding hydrogens is 446 g/mol. The summed E-state index contributed by atoms with van der Waals surface area (Å²) < 4.78 is 1.44. The molecule has 2 aliphatic heterocycles. The van der Waals surface area contributed by atoms with Gasteiger partial charge < -0.3 is 15.1 Å².